The fourth-order valence-corrected chi connectivity index (χ4v) is 3.10. The van der Waals surface area contributed by atoms with Crippen molar-refractivity contribution in [3.8, 4) is 6.07 Å². The molecule has 2 aliphatic heterocycles. The normalized spacial score (nSPS) is 25.1. The van der Waals surface area contributed by atoms with Crippen molar-refractivity contribution in [2.75, 3.05) is 24.5 Å². The van der Waals surface area contributed by atoms with E-state index in [0.29, 0.717) is 17.8 Å². The minimum absolute atomic E-state index is 0.139. The standard InChI is InChI=1S/C13H15N5O2/c14-5-10-4-11(18(19)20)6-16-13(10)17-7-9-2-1-3-15-12(9)8-17/h4,6,9,12,15H,1-3,7-8H2. The molecular weight excluding hydrogens is 258 g/mol. The highest BCUT2D eigenvalue weighted by Crippen LogP contribution is 2.30. The summed E-state index contributed by atoms with van der Waals surface area (Å²) in [6, 6.07) is 3.76. The number of nitriles is 1. The smallest absolute Gasteiger partial charge is 0.289 e. The average molecular weight is 273 g/mol. The molecule has 7 heteroatoms. The molecule has 0 bridgehead atoms. The first-order valence-corrected chi connectivity index (χ1v) is 6.72. The van der Waals surface area contributed by atoms with Gasteiger partial charge in [-0.05, 0) is 25.3 Å². The zero-order chi connectivity index (χ0) is 14.1. The Hall–Kier alpha value is -2.20. The fraction of sp³-hybridized carbons (Fsp3) is 0.538. The fourth-order valence-electron chi connectivity index (χ4n) is 3.10. The van der Waals surface area contributed by atoms with Gasteiger partial charge in [-0.2, -0.15) is 5.26 Å². The molecule has 1 aromatic heterocycles. The van der Waals surface area contributed by atoms with Crippen LogP contribution in [0.25, 0.3) is 0 Å². The quantitative estimate of drug-likeness (QED) is 0.639. The lowest BCUT2D eigenvalue weighted by Crippen LogP contribution is -2.40. The van der Waals surface area contributed by atoms with E-state index in [4.69, 9.17) is 0 Å². The molecule has 7 nitrogen and oxygen atoms in total. The number of aromatic nitrogens is 1. The third-order valence-corrected chi connectivity index (χ3v) is 4.08. The molecule has 2 fully saturated rings. The summed E-state index contributed by atoms with van der Waals surface area (Å²) in [6.07, 6.45) is 3.59. The van der Waals surface area contributed by atoms with Crippen molar-refractivity contribution in [3.05, 3.63) is 27.9 Å². The topological polar surface area (TPSA) is 95.1 Å². The highest BCUT2D eigenvalue weighted by molar-refractivity contribution is 5.58. The van der Waals surface area contributed by atoms with Crippen LogP contribution in [0.1, 0.15) is 18.4 Å². The number of pyridine rings is 1. The van der Waals surface area contributed by atoms with Crippen LogP contribution in [-0.2, 0) is 0 Å². The van der Waals surface area contributed by atoms with Crippen LogP contribution in [0.3, 0.4) is 0 Å². The van der Waals surface area contributed by atoms with E-state index < -0.39 is 4.92 Å². The monoisotopic (exact) mass is 273 g/mol. The molecule has 0 aromatic carbocycles. The van der Waals surface area contributed by atoms with Gasteiger partial charge in [0.25, 0.3) is 5.69 Å². The van der Waals surface area contributed by atoms with Crippen molar-refractivity contribution in [2.45, 2.75) is 18.9 Å². The molecule has 2 saturated heterocycles. The van der Waals surface area contributed by atoms with Gasteiger partial charge in [-0.15, -0.1) is 0 Å². The van der Waals surface area contributed by atoms with E-state index in [9.17, 15) is 15.4 Å². The van der Waals surface area contributed by atoms with Gasteiger partial charge < -0.3 is 10.2 Å². The van der Waals surface area contributed by atoms with Gasteiger partial charge in [0.15, 0.2) is 0 Å². The molecule has 0 saturated carbocycles. The van der Waals surface area contributed by atoms with E-state index in [1.165, 1.54) is 25.1 Å². The molecule has 0 spiro atoms. The Morgan fingerprint density at radius 1 is 1.55 bits per heavy atom. The van der Waals surface area contributed by atoms with E-state index >= 15 is 0 Å². The summed E-state index contributed by atoms with van der Waals surface area (Å²) in [6.45, 7) is 2.70. The van der Waals surface area contributed by atoms with Crippen molar-refractivity contribution in [1.29, 1.82) is 5.26 Å². The highest BCUT2D eigenvalue weighted by atomic mass is 16.6. The third kappa shape index (κ3) is 2.18. The maximum absolute atomic E-state index is 10.7. The lowest BCUT2D eigenvalue weighted by molar-refractivity contribution is -0.385. The summed E-state index contributed by atoms with van der Waals surface area (Å²) in [7, 11) is 0. The van der Waals surface area contributed by atoms with E-state index in [0.717, 1.165) is 19.6 Å². The number of hydrogen-bond donors (Lipinski definition) is 1. The summed E-state index contributed by atoms with van der Waals surface area (Å²) in [5.41, 5.74) is 0.137. The molecule has 1 aromatic rings. The van der Waals surface area contributed by atoms with Gasteiger partial charge in [-0.25, -0.2) is 4.98 Å². The Morgan fingerprint density at radius 3 is 3.10 bits per heavy atom. The molecule has 0 radical (unpaired) electrons. The number of piperidine rings is 1. The molecule has 20 heavy (non-hydrogen) atoms. The van der Waals surface area contributed by atoms with Gasteiger partial charge in [-0.1, -0.05) is 0 Å². The van der Waals surface area contributed by atoms with Crippen LogP contribution in [0, 0.1) is 27.4 Å². The Morgan fingerprint density at radius 2 is 2.40 bits per heavy atom. The van der Waals surface area contributed by atoms with E-state index in [2.05, 4.69) is 15.2 Å². The van der Waals surface area contributed by atoms with Crippen LogP contribution in [0.4, 0.5) is 11.5 Å². The average Bonchev–Trinajstić information content (AvgIpc) is 2.90. The van der Waals surface area contributed by atoms with Crippen molar-refractivity contribution >= 4 is 11.5 Å². The zero-order valence-corrected chi connectivity index (χ0v) is 11.0. The largest absolute Gasteiger partial charge is 0.354 e. The Bertz CT molecular complexity index is 569. The van der Waals surface area contributed by atoms with Gasteiger partial charge >= 0.3 is 0 Å². The number of hydrogen-bond acceptors (Lipinski definition) is 6. The third-order valence-electron chi connectivity index (χ3n) is 4.08. The summed E-state index contributed by atoms with van der Waals surface area (Å²) >= 11 is 0. The predicted octanol–water partition coefficient (Wildman–Crippen LogP) is 1.05. The Kier molecular flexibility index (Phi) is 3.24. The van der Waals surface area contributed by atoms with Gasteiger partial charge in [0, 0.05) is 25.2 Å². The van der Waals surface area contributed by atoms with Crippen LogP contribution >= 0.6 is 0 Å². The molecule has 104 valence electrons. The van der Waals surface area contributed by atoms with Crippen molar-refractivity contribution < 1.29 is 4.92 Å². The molecule has 2 unspecified atom stereocenters. The summed E-state index contributed by atoms with van der Waals surface area (Å²) < 4.78 is 0. The van der Waals surface area contributed by atoms with Crippen LogP contribution in [0.2, 0.25) is 0 Å². The molecule has 0 amide bonds. The number of nitrogens with zero attached hydrogens (tertiary/aromatic N) is 4. The van der Waals surface area contributed by atoms with Gasteiger partial charge in [0.1, 0.15) is 23.6 Å². The summed E-state index contributed by atoms with van der Waals surface area (Å²) in [5.74, 6) is 1.14. The second kappa shape index (κ2) is 5.06. The first-order chi connectivity index (χ1) is 9.69. The molecule has 3 heterocycles. The van der Waals surface area contributed by atoms with Gasteiger partial charge in [0.2, 0.25) is 0 Å². The number of fused-ring (bicyclic) bond motifs is 1. The van der Waals surface area contributed by atoms with E-state index in [-0.39, 0.29) is 11.3 Å². The molecule has 0 aliphatic carbocycles. The zero-order valence-electron chi connectivity index (χ0n) is 11.0. The molecule has 2 atom stereocenters. The van der Waals surface area contributed by atoms with Gasteiger partial charge in [0.05, 0.1) is 4.92 Å². The lowest BCUT2D eigenvalue weighted by Gasteiger charge is -2.24. The number of nitrogens with one attached hydrogen (secondary N) is 1. The minimum atomic E-state index is -0.525. The maximum atomic E-state index is 10.7. The van der Waals surface area contributed by atoms with Crippen molar-refractivity contribution in [1.82, 2.24) is 10.3 Å². The highest BCUT2D eigenvalue weighted by Gasteiger charge is 2.35. The second-order valence-corrected chi connectivity index (χ2v) is 5.30. The minimum Gasteiger partial charge on any atom is -0.354 e. The number of nitro groups is 1. The first kappa shape index (κ1) is 12.8. The van der Waals surface area contributed by atoms with Crippen molar-refractivity contribution in [3.63, 3.8) is 0 Å². The van der Waals surface area contributed by atoms with Crippen LogP contribution < -0.4 is 10.2 Å². The molecular formula is C13H15N5O2. The van der Waals surface area contributed by atoms with Crippen molar-refractivity contribution in [2.24, 2.45) is 5.92 Å². The van der Waals surface area contributed by atoms with E-state index in [1.54, 1.807) is 0 Å². The van der Waals surface area contributed by atoms with E-state index in [1.807, 2.05) is 6.07 Å². The second-order valence-electron chi connectivity index (χ2n) is 5.30. The van der Waals surface area contributed by atoms with Crippen LogP contribution in [-0.4, -0.2) is 35.6 Å². The predicted molar refractivity (Wildman–Crippen MR) is 72.3 cm³/mol. The number of anilines is 1. The maximum Gasteiger partial charge on any atom is 0.289 e. The molecule has 3 rings (SSSR count). The first-order valence-electron chi connectivity index (χ1n) is 6.72. The Labute approximate surface area is 116 Å². The van der Waals surface area contributed by atoms with Crippen LogP contribution in [0.15, 0.2) is 12.3 Å². The summed E-state index contributed by atoms with van der Waals surface area (Å²) in [4.78, 5) is 16.4. The lowest BCUT2D eigenvalue weighted by atomic mass is 9.94. The Balaban J connectivity index is 1.87. The SMILES string of the molecule is N#Cc1cc([N+](=O)[O-])cnc1N1CC2CCCNC2C1. The van der Waals surface area contributed by atoms with Gasteiger partial charge in [-0.3, -0.25) is 10.1 Å². The molecule has 2 aliphatic rings. The summed E-state index contributed by atoms with van der Waals surface area (Å²) in [5, 5.41) is 23.4. The van der Waals surface area contributed by atoms with Crippen LogP contribution in [0.5, 0.6) is 0 Å². The number of rotatable bonds is 2. The molecule has 1 N–H and O–H groups in total.